The van der Waals surface area contributed by atoms with E-state index in [1.54, 1.807) is 13.2 Å². The minimum Gasteiger partial charge on any atom is -0.497 e. The quantitative estimate of drug-likeness (QED) is 0.717. The van der Waals surface area contributed by atoms with Gasteiger partial charge < -0.3 is 4.74 Å². The van der Waals surface area contributed by atoms with Crippen molar-refractivity contribution < 1.29 is 4.74 Å². The molecular formula is C11H9N2O. The van der Waals surface area contributed by atoms with E-state index in [4.69, 9.17) is 4.74 Å². The Balaban J connectivity index is 2.42. The molecule has 1 aromatic carbocycles. The molecule has 2 aromatic rings. The Hall–Kier alpha value is -1.90. The maximum absolute atomic E-state index is 5.12. The fourth-order valence-electron chi connectivity index (χ4n) is 1.20. The molecule has 0 bridgehead atoms. The molecule has 0 aliphatic heterocycles. The van der Waals surface area contributed by atoms with Gasteiger partial charge in [-0.3, -0.25) is 0 Å². The van der Waals surface area contributed by atoms with Gasteiger partial charge in [0.2, 0.25) is 0 Å². The van der Waals surface area contributed by atoms with E-state index in [0.717, 1.165) is 17.0 Å². The van der Waals surface area contributed by atoms with Gasteiger partial charge in [-0.25, -0.2) is 0 Å². The van der Waals surface area contributed by atoms with Crippen molar-refractivity contribution in [1.82, 2.24) is 10.2 Å². The number of aromatic nitrogens is 2. The third-order valence-corrected chi connectivity index (χ3v) is 1.90. The Bertz CT molecular complexity index is 415. The van der Waals surface area contributed by atoms with Gasteiger partial charge in [0.05, 0.1) is 12.8 Å². The van der Waals surface area contributed by atoms with Crippen LogP contribution in [-0.2, 0) is 0 Å². The van der Waals surface area contributed by atoms with Crippen molar-refractivity contribution in [2.24, 2.45) is 0 Å². The van der Waals surface area contributed by atoms with E-state index in [0.29, 0.717) is 0 Å². The molecule has 0 aliphatic rings. The Labute approximate surface area is 82.4 Å². The molecule has 0 fully saturated rings. The summed E-state index contributed by atoms with van der Waals surface area (Å²) in [7, 11) is 1.64. The molecule has 0 saturated carbocycles. The summed E-state index contributed by atoms with van der Waals surface area (Å²) in [5.41, 5.74) is 1.81. The van der Waals surface area contributed by atoms with Crippen molar-refractivity contribution in [3.05, 3.63) is 42.6 Å². The van der Waals surface area contributed by atoms with E-state index in [-0.39, 0.29) is 0 Å². The van der Waals surface area contributed by atoms with Gasteiger partial charge in [-0.1, -0.05) is 12.1 Å². The summed E-state index contributed by atoms with van der Waals surface area (Å²) in [5, 5.41) is 7.66. The molecule has 14 heavy (non-hydrogen) atoms. The average molecular weight is 185 g/mol. The molecule has 2 rings (SSSR count). The molecule has 0 spiro atoms. The molecule has 0 saturated heterocycles. The third-order valence-electron chi connectivity index (χ3n) is 1.90. The summed E-state index contributed by atoms with van der Waals surface area (Å²) < 4.78 is 5.12. The molecule has 1 heterocycles. The molecule has 0 unspecified atom stereocenters. The topological polar surface area (TPSA) is 35.0 Å². The second kappa shape index (κ2) is 3.87. The molecule has 1 radical (unpaired) electrons. The monoisotopic (exact) mass is 185 g/mol. The normalized spacial score (nSPS) is 9.79. The lowest BCUT2D eigenvalue weighted by molar-refractivity contribution is 0.415. The first-order chi connectivity index (χ1) is 6.90. The zero-order valence-electron chi connectivity index (χ0n) is 7.77. The van der Waals surface area contributed by atoms with Crippen LogP contribution in [0.1, 0.15) is 0 Å². The van der Waals surface area contributed by atoms with Gasteiger partial charge in [0, 0.05) is 5.56 Å². The molecule has 0 N–H and O–H groups in total. The van der Waals surface area contributed by atoms with Gasteiger partial charge in [0.15, 0.2) is 0 Å². The maximum Gasteiger partial charge on any atom is 0.119 e. The van der Waals surface area contributed by atoms with Crippen LogP contribution in [0.25, 0.3) is 11.3 Å². The van der Waals surface area contributed by atoms with Gasteiger partial charge in [-0.05, 0) is 24.3 Å². The van der Waals surface area contributed by atoms with Crippen molar-refractivity contribution >= 4 is 0 Å². The molecule has 1 aromatic heterocycles. The highest BCUT2D eigenvalue weighted by Gasteiger charge is 1.99. The van der Waals surface area contributed by atoms with E-state index in [9.17, 15) is 0 Å². The largest absolute Gasteiger partial charge is 0.497 e. The van der Waals surface area contributed by atoms with E-state index in [1.165, 1.54) is 0 Å². The zero-order valence-corrected chi connectivity index (χ0v) is 7.77. The lowest BCUT2D eigenvalue weighted by Gasteiger charge is -2.02. The minimum absolute atomic E-state index is 0.817. The molecule has 3 heteroatoms. The van der Waals surface area contributed by atoms with Crippen molar-refractivity contribution in [3.8, 4) is 17.0 Å². The Morgan fingerprint density at radius 2 is 2.21 bits per heavy atom. The highest BCUT2D eigenvalue weighted by Crippen LogP contribution is 2.20. The first-order valence-electron chi connectivity index (χ1n) is 4.24. The van der Waals surface area contributed by atoms with Gasteiger partial charge >= 0.3 is 0 Å². The van der Waals surface area contributed by atoms with E-state index >= 15 is 0 Å². The van der Waals surface area contributed by atoms with Crippen LogP contribution in [0.4, 0.5) is 0 Å². The van der Waals surface area contributed by atoms with Gasteiger partial charge in [-0.15, -0.1) is 10.2 Å². The van der Waals surface area contributed by atoms with Crippen molar-refractivity contribution in [3.63, 3.8) is 0 Å². The Kier molecular flexibility index (Phi) is 2.40. The van der Waals surface area contributed by atoms with E-state index in [2.05, 4.69) is 16.4 Å². The molecule has 69 valence electrons. The molecule has 0 atom stereocenters. The summed E-state index contributed by atoms with van der Waals surface area (Å²) in [6, 6.07) is 11.3. The lowest BCUT2D eigenvalue weighted by Crippen LogP contribution is -1.87. The van der Waals surface area contributed by atoms with Crippen LogP contribution in [0.15, 0.2) is 36.4 Å². The Morgan fingerprint density at radius 1 is 1.29 bits per heavy atom. The molecular weight excluding hydrogens is 176 g/mol. The number of benzene rings is 1. The molecule has 0 aliphatic carbocycles. The average Bonchev–Trinajstić information content (AvgIpc) is 2.30. The lowest BCUT2D eigenvalue weighted by atomic mass is 10.1. The van der Waals surface area contributed by atoms with Crippen LogP contribution in [-0.4, -0.2) is 17.3 Å². The van der Waals surface area contributed by atoms with Crippen LogP contribution < -0.4 is 4.74 Å². The van der Waals surface area contributed by atoms with E-state index in [1.807, 2.05) is 30.3 Å². The fourth-order valence-corrected chi connectivity index (χ4v) is 1.20. The number of nitrogens with zero attached hydrogens (tertiary/aromatic N) is 2. The summed E-state index contributed by atoms with van der Waals surface area (Å²) in [4.78, 5) is 0. The predicted molar refractivity (Wildman–Crippen MR) is 52.9 cm³/mol. The number of hydrogen-bond acceptors (Lipinski definition) is 3. The zero-order chi connectivity index (χ0) is 9.80. The third kappa shape index (κ3) is 1.71. The number of rotatable bonds is 2. The number of methoxy groups -OCH3 is 1. The maximum atomic E-state index is 5.12. The number of hydrogen-bond donors (Lipinski definition) is 0. The first-order valence-corrected chi connectivity index (χ1v) is 4.24. The standard InChI is InChI=1S/C11H9N2O/c1-14-10-5-2-4-9(8-10)11-6-3-7-12-13-11/h2-6,8H,1H3. The van der Waals surface area contributed by atoms with Crippen molar-refractivity contribution in [1.29, 1.82) is 0 Å². The van der Waals surface area contributed by atoms with E-state index < -0.39 is 0 Å². The highest BCUT2D eigenvalue weighted by molar-refractivity contribution is 5.60. The fraction of sp³-hybridized carbons (Fsp3) is 0.0909. The second-order valence-electron chi connectivity index (χ2n) is 2.78. The van der Waals surface area contributed by atoms with Crippen LogP contribution >= 0.6 is 0 Å². The number of ether oxygens (including phenoxy) is 1. The first kappa shape index (κ1) is 8.69. The van der Waals surface area contributed by atoms with Gasteiger partial charge in [-0.2, -0.15) is 0 Å². The van der Waals surface area contributed by atoms with Crippen LogP contribution in [0.2, 0.25) is 0 Å². The molecule has 3 nitrogen and oxygen atoms in total. The highest BCUT2D eigenvalue weighted by atomic mass is 16.5. The summed E-state index contributed by atoms with van der Waals surface area (Å²) in [6.45, 7) is 0. The summed E-state index contributed by atoms with van der Waals surface area (Å²) in [6.07, 6.45) is 2.64. The molecule has 0 amide bonds. The SMILES string of the molecule is COc1cccc(-c2cc[c]nn2)c1. The Morgan fingerprint density at radius 3 is 2.93 bits per heavy atom. The summed E-state index contributed by atoms with van der Waals surface area (Å²) in [5.74, 6) is 0.817. The van der Waals surface area contributed by atoms with Crippen LogP contribution in [0.3, 0.4) is 0 Å². The van der Waals surface area contributed by atoms with Gasteiger partial charge in [0.1, 0.15) is 11.9 Å². The minimum atomic E-state index is 0.817. The predicted octanol–water partition coefficient (Wildman–Crippen LogP) is 1.95. The smallest absolute Gasteiger partial charge is 0.119 e. The van der Waals surface area contributed by atoms with Crippen LogP contribution in [0, 0.1) is 6.20 Å². The van der Waals surface area contributed by atoms with Crippen molar-refractivity contribution in [2.45, 2.75) is 0 Å². The van der Waals surface area contributed by atoms with Crippen molar-refractivity contribution in [2.75, 3.05) is 7.11 Å². The second-order valence-corrected chi connectivity index (χ2v) is 2.78. The summed E-state index contributed by atoms with van der Waals surface area (Å²) >= 11 is 0. The van der Waals surface area contributed by atoms with Crippen LogP contribution in [0.5, 0.6) is 5.75 Å². The van der Waals surface area contributed by atoms with Gasteiger partial charge in [0.25, 0.3) is 0 Å².